The topological polar surface area (TPSA) is 49.4 Å². The summed E-state index contributed by atoms with van der Waals surface area (Å²) in [4.78, 5) is 2.43. The summed E-state index contributed by atoms with van der Waals surface area (Å²) in [6.07, 6.45) is 5.76. The van der Waals surface area contributed by atoms with Crippen LogP contribution in [0.1, 0.15) is 36.8 Å². The molecule has 1 aliphatic heterocycles. The van der Waals surface area contributed by atoms with E-state index in [0.29, 0.717) is 18.5 Å². The van der Waals surface area contributed by atoms with Crippen molar-refractivity contribution in [2.75, 3.05) is 24.5 Å². The van der Waals surface area contributed by atoms with Gasteiger partial charge in [-0.15, -0.1) is 0 Å². The van der Waals surface area contributed by atoms with Crippen molar-refractivity contribution in [2.45, 2.75) is 37.9 Å². The third-order valence-corrected chi connectivity index (χ3v) is 6.27. The molecule has 0 spiro atoms. The van der Waals surface area contributed by atoms with E-state index < -0.39 is 10.0 Å². The molecule has 0 saturated carbocycles. The third kappa shape index (κ3) is 6.33. The summed E-state index contributed by atoms with van der Waals surface area (Å²) in [5, 5.41) is 0. The quantitative estimate of drug-likeness (QED) is 0.781. The van der Waals surface area contributed by atoms with E-state index in [1.165, 1.54) is 55.6 Å². The Bertz CT molecular complexity index is 812. The Morgan fingerprint density at radius 3 is 2.07 bits per heavy atom. The second-order valence-electron chi connectivity index (χ2n) is 7.10. The van der Waals surface area contributed by atoms with Crippen LogP contribution in [0.2, 0.25) is 0 Å². The summed E-state index contributed by atoms with van der Waals surface area (Å²) < 4.78 is 39.8. The van der Waals surface area contributed by atoms with Gasteiger partial charge in [-0.25, -0.2) is 17.5 Å². The maximum atomic E-state index is 12.9. The number of benzene rings is 2. The zero-order valence-electron chi connectivity index (χ0n) is 15.5. The van der Waals surface area contributed by atoms with Crippen LogP contribution in [0, 0.1) is 5.82 Å². The van der Waals surface area contributed by atoms with E-state index in [1.54, 1.807) is 0 Å². The second kappa shape index (κ2) is 9.33. The first-order chi connectivity index (χ1) is 13.0. The van der Waals surface area contributed by atoms with E-state index in [0.717, 1.165) is 18.7 Å². The molecule has 3 rings (SSSR count). The van der Waals surface area contributed by atoms with Crippen molar-refractivity contribution in [1.82, 2.24) is 4.72 Å². The van der Waals surface area contributed by atoms with Crippen molar-refractivity contribution in [3.63, 3.8) is 0 Å². The number of sulfonamides is 1. The van der Waals surface area contributed by atoms with E-state index >= 15 is 0 Å². The number of hydrogen-bond acceptors (Lipinski definition) is 3. The summed E-state index contributed by atoms with van der Waals surface area (Å²) >= 11 is 0. The van der Waals surface area contributed by atoms with Crippen molar-refractivity contribution in [1.29, 1.82) is 0 Å². The fraction of sp³-hybridized carbons (Fsp3) is 0.429. The summed E-state index contributed by atoms with van der Waals surface area (Å²) in [5.41, 5.74) is 2.93. The van der Waals surface area contributed by atoms with Crippen LogP contribution in [0.3, 0.4) is 0 Å². The predicted molar refractivity (Wildman–Crippen MR) is 108 cm³/mol. The largest absolute Gasteiger partial charge is 0.372 e. The molecule has 2 aromatic rings. The highest BCUT2D eigenvalue weighted by atomic mass is 32.2. The zero-order chi connectivity index (χ0) is 19.1. The molecular formula is C21H27FN2O2S. The Balaban J connectivity index is 1.48. The molecule has 1 saturated heterocycles. The Labute approximate surface area is 161 Å². The lowest BCUT2D eigenvalue weighted by Crippen LogP contribution is -2.27. The molecule has 2 aromatic carbocycles. The van der Waals surface area contributed by atoms with Crippen molar-refractivity contribution >= 4 is 15.7 Å². The minimum absolute atomic E-state index is 0.138. The van der Waals surface area contributed by atoms with Crippen molar-refractivity contribution in [3.05, 3.63) is 65.5 Å². The van der Waals surface area contributed by atoms with Crippen LogP contribution in [-0.4, -0.2) is 28.1 Å². The lowest BCUT2D eigenvalue weighted by Gasteiger charge is -2.22. The minimum atomic E-state index is -3.43. The molecule has 0 aromatic heterocycles. The Kier molecular flexibility index (Phi) is 6.85. The molecule has 146 valence electrons. The molecule has 0 amide bonds. The first-order valence-corrected chi connectivity index (χ1v) is 11.2. The first-order valence-electron chi connectivity index (χ1n) is 9.57. The molecule has 0 aliphatic carbocycles. The van der Waals surface area contributed by atoms with Gasteiger partial charge in [0.1, 0.15) is 5.82 Å². The van der Waals surface area contributed by atoms with Gasteiger partial charge in [0.15, 0.2) is 0 Å². The van der Waals surface area contributed by atoms with E-state index in [9.17, 15) is 12.8 Å². The van der Waals surface area contributed by atoms with Crippen LogP contribution in [-0.2, 0) is 22.2 Å². The fourth-order valence-corrected chi connectivity index (χ4v) is 4.55. The van der Waals surface area contributed by atoms with Gasteiger partial charge < -0.3 is 4.90 Å². The minimum Gasteiger partial charge on any atom is -0.372 e. The summed E-state index contributed by atoms with van der Waals surface area (Å²) in [6, 6.07) is 14.0. The van der Waals surface area contributed by atoms with Gasteiger partial charge >= 0.3 is 0 Å². The van der Waals surface area contributed by atoms with Crippen molar-refractivity contribution in [2.24, 2.45) is 0 Å². The fourth-order valence-electron chi connectivity index (χ4n) is 3.40. The molecule has 0 bridgehead atoms. The van der Waals surface area contributed by atoms with Crippen LogP contribution >= 0.6 is 0 Å². The Morgan fingerprint density at radius 2 is 1.44 bits per heavy atom. The normalized spacial score (nSPS) is 15.5. The lowest BCUT2D eigenvalue weighted by molar-refractivity contribution is 0.580. The molecule has 0 radical (unpaired) electrons. The Hall–Kier alpha value is -1.92. The third-order valence-electron chi connectivity index (χ3n) is 4.91. The standard InChI is InChI=1S/C21H27FN2O2S/c22-20-9-5-19(6-10-20)17-27(25,26)23-14-13-18-7-11-21(12-8-18)24-15-3-1-2-4-16-24/h5-12,23H,1-4,13-17H2. The number of anilines is 1. The predicted octanol–water partition coefficient (Wildman–Crippen LogP) is 3.87. The zero-order valence-corrected chi connectivity index (χ0v) is 16.3. The average molecular weight is 391 g/mol. The van der Waals surface area contributed by atoms with Gasteiger partial charge in [-0.05, 0) is 54.7 Å². The molecule has 1 heterocycles. The maximum absolute atomic E-state index is 12.9. The van der Waals surface area contributed by atoms with E-state index in [4.69, 9.17) is 0 Å². The van der Waals surface area contributed by atoms with Gasteiger partial charge in [-0.3, -0.25) is 0 Å². The van der Waals surface area contributed by atoms with E-state index in [2.05, 4.69) is 33.9 Å². The molecule has 1 aliphatic rings. The molecule has 1 N–H and O–H groups in total. The van der Waals surface area contributed by atoms with Crippen LogP contribution in [0.25, 0.3) is 0 Å². The lowest BCUT2D eigenvalue weighted by atomic mass is 10.1. The van der Waals surface area contributed by atoms with Gasteiger partial charge in [0, 0.05) is 25.3 Å². The van der Waals surface area contributed by atoms with Gasteiger partial charge in [0.25, 0.3) is 0 Å². The van der Waals surface area contributed by atoms with Gasteiger partial charge in [0.2, 0.25) is 10.0 Å². The highest BCUT2D eigenvalue weighted by Gasteiger charge is 2.12. The van der Waals surface area contributed by atoms with Gasteiger partial charge in [-0.1, -0.05) is 37.1 Å². The summed E-state index contributed by atoms with van der Waals surface area (Å²) in [5.74, 6) is -0.506. The molecule has 0 atom stereocenters. The van der Waals surface area contributed by atoms with Crippen LogP contribution in [0.4, 0.5) is 10.1 Å². The highest BCUT2D eigenvalue weighted by Crippen LogP contribution is 2.20. The summed E-state index contributed by atoms with van der Waals surface area (Å²) in [7, 11) is -3.43. The van der Waals surface area contributed by atoms with Crippen LogP contribution in [0.5, 0.6) is 0 Å². The first kappa shape index (κ1) is 19.8. The SMILES string of the molecule is O=S(=O)(Cc1ccc(F)cc1)NCCc1ccc(N2CCCCCC2)cc1. The van der Waals surface area contributed by atoms with E-state index in [1.807, 2.05) is 0 Å². The Morgan fingerprint density at radius 1 is 0.852 bits per heavy atom. The molecular weight excluding hydrogens is 363 g/mol. The van der Waals surface area contributed by atoms with Crippen molar-refractivity contribution in [3.8, 4) is 0 Å². The molecule has 0 unspecified atom stereocenters. The smallest absolute Gasteiger partial charge is 0.215 e. The van der Waals surface area contributed by atoms with E-state index in [-0.39, 0.29) is 11.6 Å². The molecule has 27 heavy (non-hydrogen) atoms. The average Bonchev–Trinajstić information content (AvgIpc) is 2.93. The monoisotopic (exact) mass is 390 g/mol. The van der Waals surface area contributed by atoms with Crippen LogP contribution < -0.4 is 9.62 Å². The molecule has 4 nitrogen and oxygen atoms in total. The number of nitrogens with one attached hydrogen (secondary N) is 1. The van der Waals surface area contributed by atoms with Gasteiger partial charge in [0.05, 0.1) is 5.75 Å². The number of halogens is 1. The van der Waals surface area contributed by atoms with Crippen LogP contribution in [0.15, 0.2) is 48.5 Å². The molecule has 1 fully saturated rings. The van der Waals surface area contributed by atoms with Crippen molar-refractivity contribution < 1.29 is 12.8 Å². The van der Waals surface area contributed by atoms with Gasteiger partial charge in [-0.2, -0.15) is 0 Å². The number of rotatable bonds is 7. The number of hydrogen-bond donors (Lipinski definition) is 1. The highest BCUT2D eigenvalue weighted by molar-refractivity contribution is 7.88. The molecule has 6 heteroatoms. The second-order valence-corrected chi connectivity index (χ2v) is 8.90. The number of nitrogens with zero attached hydrogens (tertiary/aromatic N) is 1. The summed E-state index contributed by atoms with van der Waals surface area (Å²) in [6.45, 7) is 2.58. The maximum Gasteiger partial charge on any atom is 0.215 e.